The number of hydrogen-bond donors (Lipinski definition) is 1. The first-order valence-electron chi connectivity index (χ1n) is 5.77. The van der Waals surface area contributed by atoms with Crippen molar-refractivity contribution in [2.75, 3.05) is 7.05 Å². The molecule has 1 aromatic carbocycles. The van der Waals surface area contributed by atoms with Crippen molar-refractivity contribution in [3.8, 4) is 0 Å². The molecule has 1 rings (SSSR count). The predicted molar refractivity (Wildman–Crippen MR) is 70.8 cm³/mol. The van der Waals surface area contributed by atoms with Crippen LogP contribution in [0.25, 0.3) is 0 Å². The lowest BCUT2D eigenvalue weighted by Gasteiger charge is -2.19. The minimum absolute atomic E-state index is 0.0549. The van der Waals surface area contributed by atoms with E-state index in [9.17, 15) is 4.79 Å². The molecule has 0 aliphatic carbocycles. The van der Waals surface area contributed by atoms with Crippen LogP contribution in [0.15, 0.2) is 24.3 Å². The molecular weight excluding hydrogens is 236 g/mol. The van der Waals surface area contributed by atoms with Gasteiger partial charge in [-0.25, -0.2) is 0 Å². The van der Waals surface area contributed by atoms with Gasteiger partial charge in [0.2, 0.25) is 5.91 Å². The van der Waals surface area contributed by atoms with Gasteiger partial charge in [-0.15, -0.1) is 0 Å². The SMILES string of the molecule is CCC(N)CC(=O)N(C)Cc1ccccc1Cl. The Hall–Kier alpha value is -1.06. The number of nitrogens with two attached hydrogens (primary N) is 1. The van der Waals surface area contributed by atoms with Crippen LogP contribution in [0.3, 0.4) is 0 Å². The maximum atomic E-state index is 11.8. The van der Waals surface area contributed by atoms with E-state index in [0.717, 1.165) is 12.0 Å². The van der Waals surface area contributed by atoms with Gasteiger partial charge in [0.25, 0.3) is 0 Å². The quantitative estimate of drug-likeness (QED) is 0.877. The van der Waals surface area contributed by atoms with Crippen molar-refractivity contribution in [3.63, 3.8) is 0 Å². The minimum Gasteiger partial charge on any atom is -0.341 e. The first-order chi connectivity index (χ1) is 8.04. The van der Waals surface area contributed by atoms with Gasteiger partial charge < -0.3 is 10.6 Å². The Kier molecular flexibility index (Phi) is 5.45. The molecular formula is C13H19ClN2O. The number of hydrogen-bond acceptors (Lipinski definition) is 2. The Morgan fingerprint density at radius 3 is 2.71 bits per heavy atom. The monoisotopic (exact) mass is 254 g/mol. The van der Waals surface area contributed by atoms with Gasteiger partial charge in [0.1, 0.15) is 0 Å². The summed E-state index contributed by atoms with van der Waals surface area (Å²) in [6.45, 7) is 2.50. The average molecular weight is 255 g/mol. The summed E-state index contributed by atoms with van der Waals surface area (Å²) < 4.78 is 0. The number of carbonyl (C=O) groups excluding carboxylic acids is 1. The summed E-state index contributed by atoms with van der Waals surface area (Å²) in [6.07, 6.45) is 1.20. The van der Waals surface area contributed by atoms with Crippen LogP contribution in [-0.4, -0.2) is 23.9 Å². The molecule has 1 unspecified atom stereocenters. The van der Waals surface area contributed by atoms with Crippen molar-refractivity contribution < 1.29 is 4.79 Å². The van der Waals surface area contributed by atoms with E-state index in [0.29, 0.717) is 18.0 Å². The highest BCUT2D eigenvalue weighted by atomic mass is 35.5. The summed E-state index contributed by atoms with van der Waals surface area (Å²) in [6, 6.07) is 7.48. The number of amides is 1. The molecule has 0 saturated heterocycles. The van der Waals surface area contributed by atoms with Crippen LogP contribution in [0, 0.1) is 0 Å². The molecule has 1 amide bonds. The number of carbonyl (C=O) groups is 1. The van der Waals surface area contributed by atoms with Crippen LogP contribution in [0.5, 0.6) is 0 Å². The smallest absolute Gasteiger partial charge is 0.224 e. The van der Waals surface area contributed by atoms with Gasteiger partial charge in [-0.2, -0.15) is 0 Å². The molecule has 0 aliphatic rings. The molecule has 0 aromatic heterocycles. The molecule has 1 aromatic rings. The second-order valence-corrected chi connectivity index (χ2v) is 4.62. The molecule has 0 saturated carbocycles. The van der Waals surface area contributed by atoms with Crippen LogP contribution in [0.4, 0.5) is 0 Å². The Labute approximate surface area is 108 Å². The summed E-state index contributed by atoms with van der Waals surface area (Å²) in [5.41, 5.74) is 6.72. The second kappa shape index (κ2) is 6.62. The maximum absolute atomic E-state index is 11.8. The zero-order valence-corrected chi connectivity index (χ0v) is 11.1. The summed E-state index contributed by atoms with van der Waals surface area (Å²) in [5.74, 6) is 0.0549. The van der Waals surface area contributed by atoms with Crippen molar-refractivity contribution in [2.45, 2.75) is 32.4 Å². The lowest BCUT2D eigenvalue weighted by atomic mass is 10.1. The van der Waals surface area contributed by atoms with Crippen molar-refractivity contribution in [1.29, 1.82) is 0 Å². The standard InChI is InChI=1S/C13H19ClN2O/c1-3-11(15)8-13(17)16(2)9-10-6-4-5-7-12(10)14/h4-7,11H,3,8-9,15H2,1-2H3. The van der Waals surface area contributed by atoms with Gasteiger partial charge in [0.05, 0.1) is 0 Å². The maximum Gasteiger partial charge on any atom is 0.224 e. The molecule has 2 N–H and O–H groups in total. The first-order valence-corrected chi connectivity index (χ1v) is 6.15. The second-order valence-electron chi connectivity index (χ2n) is 4.21. The highest BCUT2D eigenvalue weighted by Crippen LogP contribution is 2.16. The van der Waals surface area contributed by atoms with Crippen LogP contribution in [-0.2, 0) is 11.3 Å². The number of nitrogens with zero attached hydrogens (tertiary/aromatic N) is 1. The topological polar surface area (TPSA) is 46.3 Å². The van der Waals surface area contributed by atoms with E-state index in [1.54, 1.807) is 11.9 Å². The molecule has 0 spiro atoms. The summed E-state index contributed by atoms with van der Waals surface area (Å²) in [7, 11) is 1.77. The molecule has 0 bridgehead atoms. The molecule has 17 heavy (non-hydrogen) atoms. The van der Waals surface area contributed by atoms with Gasteiger partial charge in [-0.05, 0) is 18.1 Å². The molecule has 94 valence electrons. The largest absolute Gasteiger partial charge is 0.341 e. The first kappa shape index (κ1) is 14.0. The minimum atomic E-state index is -0.0591. The van der Waals surface area contributed by atoms with Crippen LogP contribution >= 0.6 is 11.6 Å². The zero-order valence-electron chi connectivity index (χ0n) is 10.3. The molecule has 1 atom stereocenters. The van der Waals surface area contributed by atoms with Gasteiger partial charge in [0.15, 0.2) is 0 Å². The van der Waals surface area contributed by atoms with Crippen LogP contribution in [0.2, 0.25) is 5.02 Å². The Morgan fingerprint density at radius 2 is 2.12 bits per heavy atom. The number of halogens is 1. The van der Waals surface area contributed by atoms with E-state index in [1.807, 2.05) is 31.2 Å². The van der Waals surface area contributed by atoms with Gasteiger partial charge in [0, 0.05) is 31.1 Å². The Morgan fingerprint density at radius 1 is 1.47 bits per heavy atom. The van der Waals surface area contributed by atoms with Gasteiger partial charge in [-0.1, -0.05) is 36.7 Å². The fourth-order valence-corrected chi connectivity index (χ4v) is 1.69. The zero-order chi connectivity index (χ0) is 12.8. The fraction of sp³-hybridized carbons (Fsp3) is 0.462. The van der Waals surface area contributed by atoms with E-state index in [1.165, 1.54) is 0 Å². The molecule has 0 heterocycles. The van der Waals surface area contributed by atoms with Gasteiger partial charge in [-0.3, -0.25) is 4.79 Å². The van der Waals surface area contributed by atoms with Crippen LogP contribution < -0.4 is 5.73 Å². The third-order valence-electron chi connectivity index (χ3n) is 2.75. The summed E-state index contributed by atoms with van der Waals surface area (Å²) >= 11 is 6.04. The molecule has 4 heteroatoms. The van der Waals surface area contributed by atoms with E-state index in [4.69, 9.17) is 17.3 Å². The van der Waals surface area contributed by atoms with Crippen molar-refractivity contribution in [3.05, 3.63) is 34.9 Å². The van der Waals surface area contributed by atoms with Crippen molar-refractivity contribution in [1.82, 2.24) is 4.90 Å². The average Bonchev–Trinajstić information content (AvgIpc) is 2.31. The van der Waals surface area contributed by atoms with E-state index >= 15 is 0 Å². The number of benzene rings is 1. The molecule has 0 radical (unpaired) electrons. The van der Waals surface area contributed by atoms with E-state index in [-0.39, 0.29) is 11.9 Å². The summed E-state index contributed by atoms with van der Waals surface area (Å²) in [4.78, 5) is 13.5. The normalized spacial score (nSPS) is 12.2. The summed E-state index contributed by atoms with van der Waals surface area (Å²) in [5, 5.41) is 0.687. The third kappa shape index (κ3) is 4.36. The molecule has 0 fully saturated rings. The van der Waals surface area contributed by atoms with Crippen molar-refractivity contribution >= 4 is 17.5 Å². The lowest BCUT2D eigenvalue weighted by molar-refractivity contribution is -0.130. The van der Waals surface area contributed by atoms with Crippen LogP contribution in [0.1, 0.15) is 25.3 Å². The Balaban J connectivity index is 2.57. The van der Waals surface area contributed by atoms with E-state index < -0.39 is 0 Å². The van der Waals surface area contributed by atoms with E-state index in [2.05, 4.69) is 0 Å². The number of rotatable bonds is 5. The molecule has 0 aliphatic heterocycles. The Bertz CT molecular complexity index is 381. The predicted octanol–water partition coefficient (Wildman–Crippen LogP) is 2.43. The van der Waals surface area contributed by atoms with Gasteiger partial charge >= 0.3 is 0 Å². The third-order valence-corrected chi connectivity index (χ3v) is 3.12. The highest BCUT2D eigenvalue weighted by molar-refractivity contribution is 6.31. The van der Waals surface area contributed by atoms with Crippen molar-refractivity contribution in [2.24, 2.45) is 5.73 Å². The lowest BCUT2D eigenvalue weighted by Crippen LogP contribution is -2.32. The molecule has 3 nitrogen and oxygen atoms in total. The highest BCUT2D eigenvalue weighted by Gasteiger charge is 2.13. The fourth-order valence-electron chi connectivity index (χ4n) is 1.49.